The van der Waals surface area contributed by atoms with Crippen LogP contribution in [0.3, 0.4) is 0 Å². The van der Waals surface area contributed by atoms with Gasteiger partial charge in [-0.25, -0.2) is 4.98 Å². The number of methoxy groups -OCH3 is 2. The first kappa shape index (κ1) is 23.3. The average molecular weight is 480 g/mol. The number of fused-ring (bicyclic) bond motifs is 1. The Morgan fingerprint density at radius 1 is 1.18 bits per heavy atom. The second-order valence-corrected chi connectivity index (χ2v) is 8.47. The number of nitrogens with one attached hydrogen (secondary N) is 2. The molecule has 0 saturated heterocycles. The Balaban J connectivity index is 1.48. The maximum Gasteiger partial charge on any atom is 0.250 e. The summed E-state index contributed by atoms with van der Waals surface area (Å²) in [6.07, 6.45) is 3.79. The minimum absolute atomic E-state index is 0.0819. The van der Waals surface area contributed by atoms with Gasteiger partial charge in [-0.3, -0.25) is 14.9 Å². The molecule has 1 unspecified atom stereocenters. The molecular formula is C25H25N3O5S. The van der Waals surface area contributed by atoms with Crippen molar-refractivity contribution in [1.82, 2.24) is 10.3 Å². The number of carbonyl (C=O) groups is 2. The highest BCUT2D eigenvalue weighted by molar-refractivity contribution is 7.14. The third-order valence-electron chi connectivity index (χ3n) is 5.31. The molecule has 3 aromatic rings. The number of anilines is 1. The first-order valence-electron chi connectivity index (χ1n) is 10.7. The van der Waals surface area contributed by atoms with Crippen molar-refractivity contribution < 1.29 is 23.8 Å². The Morgan fingerprint density at radius 2 is 2.03 bits per heavy atom. The van der Waals surface area contributed by atoms with Gasteiger partial charge >= 0.3 is 0 Å². The zero-order valence-corrected chi connectivity index (χ0v) is 19.9. The van der Waals surface area contributed by atoms with E-state index in [0.717, 1.165) is 28.1 Å². The average Bonchev–Trinajstić information content (AvgIpc) is 3.30. The molecule has 1 aliphatic heterocycles. The number of amides is 2. The second-order valence-electron chi connectivity index (χ2n) is 7.61. The molecular weight excluding hydrogens is 454 g/mol. The fourth-order valence-electron chi connectivity index (χ4n) is 3.69. The van der Waals surface area contributed by atoms with Crippen LogP contribution >= 0.6 is 11.3 Å². The number of rotatable bonds is 7. The molecule has 9 heteroatoms. The standard InChI is InChI=1S/C25H25N3O5S/c1-15(29)26-20-10-11-33-23-7-4-16(13-19(20)23)21-14-34-25(27-21)28-24(30)9-5-17-12-18(31-2)6-8-22(17)32-3/h4-9,12-14,20H,10-11H2,1-3H3,(H,26,29)(H,27,28,30)/b9-5+. The third-order valence-corrected chi connectivity index (χ3v) is 6.07. The smallest absolute Gasteiger partial charge is 0.250 e. The fourth-order valence-corrected chi connectivity index (χ4v) is 4.42. The van der Waals surface area contributed by atoms with Gasteiger partial charge in [0.15, 0.2) is 5.13 Å². The van der Waals surface area contributed by atoms with Crippen molar-refractivity contribution in [3.8, 4) is 28.5 Å². The van der Waals surface area contributed by atoms with Crippen molar-refractivity contribution in [3.63, 3.8) is 0 Å². The number of ether oxygens (including phenoxy) is 3. The van der Waals surface area contributed by atoms with E-state index in [1.165, 1.54) is 24.3 Å². The van der Waals surface area contributed by atoms with Gasteiger partial charge in [-0.1, -0.05) is 0 Å². The van der Waals surface area contributed by atoms with E-state index < -0.39 is 0 Å². The van der Waals surface area contributed by atoms with Gasteiger partial charge in [-0.2, -0.15) is 0 Å². The van der Waals surface area contributed by atoms with E-state index in [9.17, 15) is 9.59 Å². The van der Waals surface area contributed by atoms with Crippen molar-refractivity contribution in [2.45, 2.75) is 19.4 Å². The van der Waals surface area contributed by atoms with Crippen molar-refractivity contribution >= 4 is 34.4 Å². The Morgan fingerprint density at radius 3 is 2.79 bits per heavy atom. The van der Waals surface area contributed by atoms with Gasteiger partial charge in [-0.05, 0) is 42.5 Å². The molecule has 1 aliphatic rings. The van der Waals surface area contributed by atoms with Gasteiger partial charge in [0.05, 0.1) is 32.6 Å². The third kappa shape index (κ3) is 5.37. The topological polar surface area (TPSA) is 98.8 Å². The summed E-state index contributed by atoms with van der Waals surface area (Å²) < 4.78 is 16.3. The molecule has 2 heterocycles. The summed E-state index contributed by atoms with van der Waals surface area (Å²) in [4.78, 5) is 28.6. The lowest BCUT2D eigenvalue weighted by Gasteiger charge is -2.26. The SMILES string of the molecule is COc1ccc(OC)c(/C=C/C(=O)Nc2nc(-c3ccc4c(c3)C(NC(C)=O)CCO4)cs2)c1. The molecule has 0 radical (unpaired) electrons. The number of benzene rings is 2. The summed E-state index contributed by atoms with van der Waals surface area (Å²) >= 11 is 1.33. The summed E-state index contributed by atoms with van der Waals surface area (Å²) in [7, 11) is 3.15. The number of hydrogen-bond acceptors (Lipinski definition) is 7. The second kappa shape index (κ2) is 10.4. The van der Waals surface area contributed by atoms with Crippen molar-refractivity contribution in [3.05, 3.63) is 59.0 Å². The molecule has 0 spiro atoms. The van der Waals surface area contributed by atoms with Crippen LogP contribution in [0.25, 0.3) is 17.3 Å². The Hall–Kier alpha value is -3.85. The molecule has 1 aromatic heterocycles. The van der Waals surface area contributed by atoms with Gasteiger partial charge in [0.2, 0.25) is 11.8 Å². The molecule has 8 nitrogen and oxygen atoms in total. The Labute approximate surface area is 201 Å². The lowest BCUT2D eigenvalue weighted by atomic mass is 9.97. The number of thiazole rings is 1. The molecule has 0 bridgehead atoms. The summed E-state index contributed by atoms with van der Waals surface area (Å²) in [6, 6.07) is 11.0. The van der Waals surface area contributed by atoms with Crippen molar-refractivity contribution in [2.24, 2.45) is 0 Å². The van der Waals surface area contributed by atoms with E-state index in [0.29, 0.717) is 29.7 Å². The number of hydrogen-bond donors (Lipinski definition) is 2. The van der Waals surface area contributed by atoms with E-state index in [2.05, 4.69) is 15.6 Å². The first-order valence-corrected chi connectivity index (χ1v) is 11.6. The fraction of sp³-hybridized carbons (Fsp3) is 0.240. The summed E-state index contributed by atoms with van der Waals surface area (Å²) in [5, 5.41) is 8.13. The molecule has 4 rings (SSSR count). The lowest BCUT2D eigenvalue weighted by molar-refractivity contribution is -0.119. The molecule has 0 fully saturated rings. The van der Waals surface area contributed by atoms with E-state index in [1.807, 2.05) is 23.6 Å². The molecule has 176 valence electrons. The van der Waals surface area contributed by atoms with E-state index in [4.69, 9.17) is 14.2 Å². The number of nitrogens with zero attached hydrogens (tertiary/aromatic N) is 1. The number of carbonyl (C=O) groups excluding carboxylic acids is 2. The van der Waals surface area contributed by atoms with Gasteiger partial charge in [-0.15, -0.1) is 11.3 Å². The maximum absolute atomic E-state index is 12.5. The Bertz CT molecular complexity index is 1240. The maximum atomic E-state index is 12.5. The van der Waals surface area contributed by atoms with Crippen molar-refractivity contribution in [2.75, 3.05) is 26.1 Å². The summed E-state index contributed by atoms with van der Waals surface area (Å²) in [5.74, 6) is 1.67. The quantitative estimate of drug-likeness (QED) is 0.486. The monoisotopic (exact) mass is 479 g/mol. The molecule has 1 atom stereocenters. The predicted molar refractivity (Wildman–Crippen MR) is 131 cm³/mol. The van der Waals surface area contributed by atoms with E-state index in [-0.39, 0.29) is 17.9 Å². The van der Waals surface area contributed by atoms with Crippen LogP contribution in [0.1, 0.15) is 30.5 Å². The summed E-state index contributed by atoms with van der Waals surface area (Å²) in [6.45, 7) is 2.06. The van der Waals surface area contributed by atoms with Crippen LogP contribution in [0.4, 0.5) is 5.13 Å². The molecule has 2 N–H and O–H groups in total. The van der Waals surface area contributed by atoms with Crippen LogP contribution in [-0.4, -0.2) is 37.6 Å². The molecule has 2 aromatic carbocycles. The van der Waals surface area contributed by atoms with Crippen LogP contribution < -0.4 is 24.8 Å². The minimum atomic E-state index is -0.310. The van der Waals surface area contributed by atoms with Crippen LogP contribution in [0.15, 0.2) is 47.9 Å². The minimum Gasteiger partial charge on any atom is -0.497 e. The number of aromatic nitrogens is 1. The zero-order valence-electron chi connectivity index (χ0n) is 19.1. The van der Waals surface area contributed by atoms with Crippen LogP contribution in [0.5, 0.6) is 17.2 Å². The highest BCUT2D eigenvalue weighted by Crippen LogP contribution is 2.36. The lowest BCUT2D eigenvalue weighted by Crippen LogP contribution is -2.30. The summed E-state index contributed by atoms with van der Waals surface area (Å²) in [5.41, 5.74) is 3.26. The molecule has 2 amide bonds. The highest BCUT2D eigenvalue weighted by Gasteiger charge is 2.23. The highest BCUT2D eigenvalue weighted by atomic mass is 32.1. The van der Waals surface area contributed by atoms with Gasteiger partial charge in [0.25, 0.3) is 0 Å². The van der Waals surface area contributed by atoms with Crippen molar-refractivity contribution in [1.29, 1.82) is 0 Å². The predicted octanol–water partition coefficient (Wildman–Crippen LogP) is 4.44. The van der Waals surface area contributed by atoms with Crippen LogP contribution in [-0.2, 0) is 9.59 Å². The zero-order chi connectivity index (χ0) is 24.1. The van der Waals surface area contributed by atoms with Gasteiger partial charge in [0.1, 0.15) is 17.2 Å². The van der Waals surface area contributed by atoms with Crippen LogP contribution in [0.2, 0.25) is 0 Å². The first-order chi connectivity index (χ1) is 16.5. The molecule has 34 heavy (non-hydrogen) atoms. The van der Waals surface area contributed by atoms with Crippen LogP contribution in [0, 0.1) is 0 Å². The van der Waals surface area contributed by atoms with Gasteiger partial charge in [0, 0.05) is 41.5 Å². The van der Waals surface area contributed by atoms with E-state index >= 15 is 0 Å². The van der Waals surface area contributed by atoms with Gasteiger partial charge < -0.3 is 19.5 Å². The normalized spacial score (nSPS) is 14.7. The Kier molecular flexibility index (Phi) is 7.12. The molecule has 0 aliphatic carbocycles. The largest absolute Gasteiger partial charge is 0.497 e. The van der Waals surface area contributed by atoms with E-state index in [1.54, 1.807) is 38.5 Å². The molecule has 0 saturated carbocycles.